The molecule has 1 atom stereocenters. The fraction of sp³-hybridized carbons (Fsp3) is 0.278. The predicted molar refractivity (Wildman–Crippen MR) is 96.2 cm³/mol. The largest absolute Gasteiger partial charge is 0.350 e. The number of anilines is 1. The van der Waals surface area contributed by atoms with E-state index in [0.717, 1.165) is 27.8 Å². The van der Waals surface area contributed by atoms with E-state index in [1.807, 2.05) is 31.2 Å². The van der Waals surface area contributed by atoms with Crippen LogP contribution in [0.1, 0.15) is 18.1 Å². The Balaban J connectivity index is 2.20. The molecular weight excluding hydrogens is 343 g/mol. The Morgan fingerprint density at radius 1 is 1.20 bits per heavy atom. The van der Waals surface area contributed by atoms with Gasteiger partial charge in [-0.2, -0.15) is 0 Å². The van der Waals surface area contributed by atoms with Crippen molar-refractivity contribution in [2.75, 3.05) is 10.6 Å². The van der Waals surface area contributed by atoms with Crippen molar-refractivity contribution < 1.29 is 17.6 Å². The number of amides is 1. The Kier molecular flexibility index (Phi) is 5.79. The molecule has 0 spiro atoms. The van der Waals surface area contributed by atoms with Gasteiger partial charge in [0.1, 0.15) is 11.9 Å². The molecular formula is C18H21FN2O3S. The molecule has 0 bridgehead atoms. The van der Waals surface area contributed by atoms with Crippen LogP contribution in [0, 0.1) is 12.7 Å². The molecule has 2 rings (SSSR count). The number of aryl methyl sites for hydroxylation is 1. The molecule has 0 heterocycles. The summed E-state index contributed by atoms with van der Waals surface area (Å²) < 4.78 is 38.7. The summed E-state index contributed by atoms with van der Waals surface area (Å²) in [5.41, 5.74) is 2.08. The van der Waals surface area contributed by atoms with Gasteiger partial charge in [0.15, 0.2) is 0 Å². The first-order chi connectivity index (χ1) is 11.7. The Bertz CT molecular complexity index is 868. The summed E-state index contributed by atoms with van der Waals surface area (Å²) >= 11 is 0. The van der Waals surface area contributed by atoms with Crippen molar-refractivity contribution in [1.82, 2.24) is 5.32 Å². The van der Waals surface area contributed by atoms with Crippen molar-refractivity contribution in [1.29, 1.82) is 0 Å². The standard InChI is InChI=1S/C18H21FN2O3S/c1-13-7-4-5-8-15(13)12-20-18(22)14(2)21(25(3,23)24)17-10-6-9-16(19)11-17/h4-11,14H,12H2,1-3H3,(H,20,22). The molecule has 0 fully saturated rings. The van der Waals surface area contributed by atoms with Crippen LogP contribution in [0.25, 0.3) is 0 Å². The van der Waals surface area contributed by atoms with Crippen molar-refractivity contribution in [3.63, 3.8) is 0 Å². The zero-order chi connectivity index (χ0) is 18.6. The molecule has 0 radical (unpaired) electrons. The zero-order valence-corrected chi connectivity index (χ0v) is 15.2. The molecule has 2 aromatic rings. The summed E-state index contributed by atoms with van der Waals surface area (Å²) in [5, 5.41) is 2.74. The van der Waals surface area contributed by atoms with E-state index in [-0.39, 0.29) is 12.2 Å². The summed E-state index contributed by atoms with van der Waals surface area (Å²) in [5.74, 6) is -1.03. The quantitative estimate of drug-likeness (QED) is 0.857. The average molecular weight is 364 g/mol. The molecule has 0 aliphatic carbocycles. The summed E-state index contributed by atoms with van der Waals surface area (Å²) in [6.07, 6.45) is 0.989. The van der Waals surface area contributed by atoms with E-state index in [0.29, 0.717) is 0 Å². The zero-order valence-electron chi connectivity index (χ0n) is 14.4. The van der Waals surface area contributed by atoms with Crippen LogP contribution in [0.15, 0.2) is 48.5 Å². The Hall–Kier alpha value is -2.41. The third-order valence-corrected chi connectivity index (χ3v) is 5.11. The predicted octanol–water partition coefficient (Wildman–Crippen LogP) is 2.61. The Morgan fingerprint density at radius 3 is 2.48 bits per heavy atom. The summed E-state index contributed by atoms with van der Waals surface area (Å²) in [6.45, 7) is 3.69. The van der Waals surface area contributed by atoms with Gasteiger partial charge >= 0.3 is 0 Å². The minimum atomic E-state index is -3.76. The maximum Gasteiger partial charge on any atom is 0.243 e. The second kappa shape index (κ2) is 7.65. The van der Waals surface area contributed by atoms with Gasteiger partial charge in [-0.1, -0.05) is 30.3 Å². The molecule has 0 aliphatic heterocycles. The number of nitrogens with one attached hydrogen (secondary N) is 1. The van der Waals surface area contributed by atoms with Crippen LogP contribution in [-0.2, 0) is 21.4 Å². The third kappa shape index (κ3) is 4.79. The molecule has 1 N–H and O–H groups in total. The van der Waals surface area contributed by atoms with E-state index in [9.17, 15) is 17.6 Å². The van der Waals surface area contributed by atoms with E-state index >= 15 is 0 Å². The molecule has 7 heteroatoms. The lowest BCUT2D eigenvalue weighted by Crippen LogP contribution is -2.47. The maximum atomic E-state index is 13.5. The lowest BCUT2D eigenvalue weighted by molar-refractivity contribution is -0.122. The smallest absolute Gasteiger partial charge is 0.243 e. The summed E-state index contributed by atoms with van der Waals surface area (Å²) in [4.78, 5) is 12.5. The monoisotopic (exact) mass is 364 g/mol. The van der Waals surface area contributed by atoms with Crippen LogP contribution in [0.5, 0.6) is 0 Å². The van der Waals surface area contributed by atoms with Crippen LogP contribution in [0.4, 0.5) is 10.1 Å². The Morgan fingerprint density at radius 2 is 1.88 bits per heavy atom. The van der Waals surface area contributed by atoms with Crippen LogP contribution in [-0.4, -0.2) is 26.6 Å². The SMILES string of the molecule is Cc1ccccc1CNC(=O)C(C)N(c1cccc(F)c1)S(C)(=O)=O. The van der Waals surface area contributed by atoms with Crippen molar-refractivity contribution in [3.05, 3.63) is 65.5 Å². The van der Waals surface area contributed by atoms with Gasteiger partial charge in [0.2, 0.25) is 15.9 Å². The average Bonchev–Trinajstić information content (AvgIpc) is 2.52. The fourth-order valence-electron chi connectivity index (χ4n) is 2.56. The van der Waals surface area contributed by atoms with E-state index < -0.39 is 27.8 Å². The number of nitrogens with zero attached hydrogens (tertiary/aromatic N) is 1. The second-order valence-electron chi connectivity index (χ2n) is 5.86. The van der Waals surface area contributed by atoms with Crippen LogP contribution < -0.4 is 9.62 Å². The molecule has 1 unspecified atom stereocenters. The maximum absolute atomic E-state index is 13.5. The molecule has 0 aromatic heterocycles. The van der Waals surface area contributed by atoms with E-state index in [2.05, 4.69) is 5.32 Å². The first-order valence-electron chi connectivity index (χ1n) is 7.77. The van der Waals surface area contributed by atoms with Crippen molar-refractivity contribution in [2.24, 2.45) is 0 Å². The number of hydrogen-bond acceptors (Lipinski definition) is 3. The topological polar surface area (TPSA) is 66.5 Å². The number of hydrogen-bond donors (Lipinski definition) is 1. The number of carbonyl (C=O) groups is 1. The van der Waals surface area contributed by atoms with Crippen molar-refractivity contribution in [3.8, 4) is 0 Å². The van der Waals surface area contributed by atoms with Gasteiger partial charge in [-0.05, 0) is 43.2 Å². The minimum absolute atomic E-state index is 0.112. The first-order valence-corrected chi connectivity index (χ1v) is 9.62. The van der Waals surface area contributed by atoms with Crippen LogP contribution in [0.2, 0.25) is 0 Å². The molecule has 1 amide bonds. The molecule has 0 saturated carbocycles. The lowest BCUT2D eigenvalue weighted by Gasteiger charge is -2.28. The van der Waals surface area contributed by atoms with Crippen LogP contribution >= 0.6 is 0 Å². The van der Waals surface area contributed by atoms with Gasteiger partial charge in [-0.3, -0.25) is 9.10 Å². The van der Waals surface area contributed by atoms with Gasteiger partial charge in [0, 0.05) is 6.54 Å². The highest BCUT2D eigenvalue weighted by molar-refractivity contribution is 7.92. The number of benzene rings is 2. The fourth-order valence-corrected chi connectivity index (χ4v) is 3.73. The molecule has 0 saturated heterocycles. The molecule has 5 nitrogen and oxygen atoms in total. The highest BCUT2D eigenvalue weighted by Gasteiger charge is 2.29. The van der Waals surface area contributed by atoms with Crippen LogP contribution in [0.3, 0.4) is 0 Å². The Labute approximate surface area is 147 Å². The summed E-state index contributed by atoms with van der Waals surface area (Å²) in [7, 11) is -3.76. The van der Waals surface area contributed by atoms with Gasteiger partial charge in [0.25, 0.3) is 0 Å². The lowest BCUT2D eigenvalue weighted by atomic mass is 10.1. The second-order valence-corrected chi connectivity index (χ2v) is 7.72. The third-order valence-electron chi connectivity index (χ3n) is 3.87. The van der Waals surface area contributed by atoms with Crippen molar-refractivity contribution in [2.45, 2.75) is 26.4 Å². The normalized spacial score (nSPS) is 12.5. The van der Waals surface area contributed by atoms with Gasteiger partial charge in [-0.15, -0.1) is 0 Å². The number of carbonyl (C=O) groups excluding carboxylic acids is 1. The highest BCUT2D eigenvalue weighted by Crippen LogP contribution is 2.21. The van der Waals surface area contributed by atoms with Gasteiger partial charge in [-0.25, -0.2) is 12.8 Å². The highest BCUT2D eigenvalue weighted by atomic mass is 32.2. The summed E-state index contributed by atoms with van der Waals surface area (Å²) in [6, 6.07) is 11.7. The number of rotatable bonds is 6. The molecule has 134 valence electrons. The number of halogens is 1. The van der Waals surface area contributed by atoms with Gasteiger partial charge in [0.05, 0.1) is 11.9 Å². The molecule has 2 aromatic carbocycles. The molecule has 25 heavy (non-hydrogen) atoms. The van der Waals surface area contributed by atoms with E-state index in [1.54, 1.807) is 0 Å². The first kappa shape index (κ1) is 18.9. The van der Waals surface area contributed by atoms with Gasteiger partial charge < -0.3 is 5.32 Å². The minimum Gasteiger partial charge on any atom is -0.350 e. The van der Waals surface area contributed by atoms with E-state index in [1.165, 1.54) is 25.1 Å². The number of sulfonamides is 1. The molecule has 0 aliphatic rings. The van der Waals surface area contributed by atoms with E-state index in [4.69, 9.17) is 0 Å². The van der Waals surface area contributed by atoms with Crippen molar-refractivity contribution >= 4 is 21.6 Å².